The zero-order valence-electron chi connectivity index (χ0n) is 11.7. The molecule has 0 spiro atoms. The molecular formula is C14H21NO4. The van der Waals surface area contributed by atoms with E-state index in [1.807, 2.05) is 0 Å². The standard InChI is InChI=1S/C14H21NO4/c1-8-7-9-5-6-10(8)11(12(16)17)15(9)13(18)19-14(2,3)4/h9-11H,1,5-7H2,2-4H3,(H,16,17). The van der Waals surface area contributed by atoms with Crippen LogP contribution >= 0.6 is 0 Å². The van der Waals surface area contributed by atoms with Gasteiger partial charge in [-0.3, -0.25) is 4.90 Å². The van der Waals surface area contributed by atoms with Crippen LogP contribution in [-0.2, 0) is 9.53 Å². The number of aliphatic carboxylic acids is 1. The van der Waals surface area contributed by atoms with E-state index in [2.05, 4.69) is 6.58 Å². The topological polar surface area (TPSA) is 66.8 Å². The molecule has 0 radical (unpaired) electrons. The van der Waals surface area contributed by atoms with Crippen molar-refractivity contribution >= 4 is 12.1 Å². The van der Waals surface area contributed by atoms with Crippen molar-refractivity contribution in [2.45, 2.75) is 57.7 Å². The minimum Gasteiger partial charge on any atom is -0.480 e. The molecule has 5 heteroatoms. The molecule has 3 atom stereocenters. The van der Waals surface area contributed by atoms with Gasteiger partial charge in [0.1, 0.15) is 11.6 Å². The van der Waals surface area contributed by atoms with E-state index in [1.54, 1.807) is 20.8 Å². The number of hydrogen-bond acceptors (Lipinski definition) is 3. The molecule has 3 fully saturated rings. The lowest BCUT2D eigenvalue weighted by atomic mass is 9.72. The maximum atomic E-state index is 12.2. The van der Waals surface area contributed by atoms with Crippen LogP contribution in [0.3, 0.4) is 0 Å². The maximum Gasteiger partial charge on any atom is 0.411 e. The Balaban J connectivity index is 2.25. The monoisotopic (exact) mass is 267 g/mol. The summed E-state index contributed by atoms with van der Waals surface area (Å²) in [5.74, 6) is -1.11. The van der Waals surface area contributed by atoms with Crippen LogP contribution in [-0.4, -0.2) is 39.8 Å². The minimum absolute atomic E-state index is 0.0894. The average Bonchev–Trinajstić information content (AvgIpc) is 2.25. The molecule has 1 aliphatic carbocycles. The summed E-state index contributed by atoms with van der Waals surface area (Å²) in [7, 11) is 0. The summed E-state index contributed by atoms with van der Waals surface area (Å²) < 4.78 is 5.34. The van der Waals surface area contributed by atoms with Crippen LogP contribution < -0.4 is 0 Å². The highest BCUT2D eigenvalue weighted by Gasteiger charge is 2.50. The van der Waals surface area contributed by atoms with Crippen LogP contribution in [0.25, 0.3) is 0 Å². The van der Waals surface area contributed by atoms with Crippen molar-refractivity contribution in [2.75, 3.05) is 0 Å². The lowest BCUT2D eigenvalue weighted by molar-refractivity contribution is -0.149. The normalized spacial score (nSPS) is 30.4. The van der Waals surface area contributed by atoms with Gasteiger partial charge in [-0.05, 0) is 40.0 Å². The van der Waals surface area contributed by atoms with Gasteiger partial charge in [-0.2, -0.15) is 0 Å². The van der Waals surface area contributed by atoms with E-state index in [-0.39, 0.29) is 12.0 Å². The van der Waals surface area contributed by atoms with Gasteiger partial charge in [-0.1, -0.05) is 12.2 Å². The van der Waals surface area contributed by atoms with E-state index in [9.17, 15) is 14.7 Å². The number of ether oxygens (including phenoxy) is 1. The van der Waals surface area contributed by atoms with Crippen molar-refractivity contribution in [3.8, 4) is 0 Å². The molecule has 3 aliphatic rings. The Bertz CT molecular complexity index is 424. The Labute approximate surface area is 113 Å². The molecule has 1 N–H and O–H groups in total. The number of nitrogens with zero attached hydrogens (tertiary/aromatic N) is 1. The van der Waals surface area contributed by atoms with Gasteiger partial charge in [0, 0.05) is 12.0 Å². The summed E-state index contributed by atoms with van der Waals surface area (Å²) >= 11 is 0. The SMILES string of the molecule is C=C1CC2CCC1C(C(=O)O)N2C(=O)OC(C)(C)C. The number of rotatable bonds is 1. The average molecular weight is 267 g/mol. The highest BCUT2D eigenvalue weighted by molar-refractivity contribution is 5.82. The lowest BCUT2D eigenvalue weighted by Crippen LogP contribution is -2.61. The van der Waals surface area contributed by atoms with E-state index >= 15 is 0 Å². The predicted octanol–water partition coefficient (Wildman–Crippen LogP) is 2.42. The second kappa shape index (κ2) is 4.54. The molecule has 2 bridgehead atoms. The third-order valence-electron chi connectivity index (χ3n) is 3.76. The zero-order chi connectivity index (χ0) is 14.4. The van der Waals surface area contributed by atoms with Gasteiger partial charge in [-0.15, -0.1) is 0 Å². The number of piperidine rings is 2. The molecule has 2 aliphatic heterocycles. The first-order chi connectivity index (χ1) is 8.70. The molecule has 106 valence electrons. The molecule has 0 aromatic carbocycles. The van der Waals surface area contributed by atoms with Gasteiger partial charge in [0.2, 0.25) is 0 Å². The Kier molecular flexibility index (Phi) is 3.32. The summed E-state index contributed by atoms with van der Waals surface area (Å²) in [5, 5.41) is 9.41. The minimum atomic E-state index is -0.971. The van der Waals surface area contributed by atoms with Crippen LogP contribution in [0.15, 0.2) is 12.2 Å². The second-order valence-electron chi connectivity index (χ2n) is 6.37. The number of fused-ring (bicyclic) bond motifs is 3. The van der Waals surface area contributed by atoms with Gasteiger partial charge >= 0.3 is 12.1 Å². The van der Waals surface area contributed by atoms with E-state index in [1.165, 1.54) is 4.90 Å². The van der Waals surface area contributed by atoms with Crippen molar-refractivity contribution in [3.63, 3.8) is 0 Å². The fraction of sp³-hybridized carbons (Fsp3) is 0.714. The second-order valence-corrected chi connectivity index (χ2v) is 6.37. The number of carboxylic acid groups (broad SMARTS) is 1. The van der Waals surface area contributed by atoms with Crippen molar-refractivity contribution in [2.24, 2.45) is 5.92 Å². The Hall–Kier alpha value is -1.52. The van der Waals surface area contributed by atoms with E-state index < -0.39 is 23.7 Å². The summed E-state index contributed by atoms with van der Waals surface area (Å²) in [6.45, 7) is 9.29. The van der Waals surface area contributed by atoms with Crippen molar-refractivity contribution in [1.82, 2.24) is 4.90 Å². The molecule has 19 heavy (non-hydrogen) atoms. The first-order valence-corrected chi connectivity index (χ1v) is 6.62. The van der Waals surface area contributed by atoms with Gasteiger partial charge < -0.3 is 9.84 Å². The van der Waals surface area contributed by atoms with Crippen molar-refractivity contribution in [3.05, 3.63) is 12.2 Å². The molecular weight excluding hydrogens is 246 g/mol. The highest BCUT2D eigenvalue weighted by atomic mass is 16.6. The predicted molar refractivity (Wildman–Crippen MR) is 69.8 cm³/mol. The summed E-state index contributed by atoms with van der Waals surface area (Å²) in [4.78, 5) is 25.1. The largest absolute Gasteiger partial charge is 0.480 e. The number of amides is 1. The fourth-order valence-electron chi connectivity index (χ4n) is 3.04. The molecule has 1 amide bonds. The van der Waals surface area contributed by atoms with E-state index in [0.717, 1.165) is 18.4 Å². The lowest BCUT2D eigenvalue weighted by Gasteiger charge is -2.50. The Morgan fingerprint density at radius 3 is 2.47 bits per heavy atom. The van der Waals surface area contributed by atoms with Gasteiger partial charge in [0.15, 0.2) is 0 Å². The number of carbonyl (C=O) groups is 2. The summed E-state index contributed by atoms with van der Waals surface area (Å²) in [6, 6.07) is -0.914. The van der Waals surface area contributed by atoms with E-state index in [0.29, 0.717) is 6.42 Å². The van der Waals surface area contributed by atoms with Crippen LogP contribution in [0.4, 0.5) is 4.79 Å². The third-order valence-corrected chi connectivity index (χ3v) is 3.76. The Morgan fingerprint density at radius 1 is 1.37 bits per heavy atom. The molecule has 5 nitrogen and oxygen atoms in total. The summed E-state index contributed by atoms with van der Waals surface area (Å²) in [6.07, 6.45) is 1.78. The summed E-state index contributed by atoms with van der Waals surface area (Å²) in [5.41, 5.74) is 0.330. The van der Waals surface area contributed by atoms with Crippen LogP contribution in [0, 0.1) is 5.92 Å². The molecule has 2 saturated heterocycles. The first kappa shape index (κ1) is 13.9. The van der Waals surface area contributed by atoms with Gasteiger partial charge in [0.25, 0.3) is 0 Å². The number of carbonyl (C=O) groups excluding carboxylic acids is 1. The molecule has 0 aromatic rings. The molecule has 2 heterocycles. The maximum absolute atomic E-state index is 12.2. The molecule has 3 rings (SSSR count). The van der Waals surface area contributed by atoms with Crippen molar-refractivity contribution in [1.29, 1.82) is 0 Å². The van der Waals surface area contributed by atoms with E-state index in [4.69, 9.17) is 4.74 Å². The smallest absolute Gasteiger partial charge is 0.411 e. The molecule has 3 unspecified atom stereocenters. The zero-order valence-corrected chi connectivity index (χ0v) is 11.7. The number of carboxylic acids is 1. The third kappa shape index (κ3) is 2.60. The van der Waals surface area contributed by atoms with Crippen LogP contribution in [0.2, 0.25) is 0 Å². The Morgan fingerprint density at radius 2 is 2.00 bits per heavy atom. The van der Waals surface area contributed by atoms with Gasteiger partial charge in [-0.25, -0.2) is 9.59 Å². The molecule has 1 saturated carbocycles. The molecule has 0 aromatic heterocycles. The van der Waals surface area contributed by atoms with Crippen molar-refractivity contribution < 1.29 is 19.4 Å². The van der Waals surface area contributed by atoms with Gasteiger partial charge in [0.05, 0.1) is 0 Å². The highest BCUT2D eigenvalue weighted by Crippen LogP contribution is 2.43. The fourth-order valence-corrected chi connectivity index (χ4v) is 3.04. The number of hydrogen-bond donors (Lipinski definition) is 1. The first-order valence-electron chi connectivity index (χ1n) is 6.62. The van der Waals surface area contributed by atoms with Crippen LogP contribution in [0.1, 0.15) is 40.0 Å². The van der Waals surface area contributed by atoms with Crippen LogP contribution in [0.5, 0.6) is 0 Å². The quantitative estimate of drug-likeness (QED) is 0.741.